The first-order valence-corrected chi connectivity index (χ1v) is 8.00. The Morgan fingerprint density at radius 1 is 1.08 bits per heavy atom. The van der Waals surface area contributed by atoms with E-state index in [2.05, 4.69) is 20.6 Å². The minimum Gasteiger partial charge on any atom is -0.454 e. The van der Waals surface area contributed by atoms with Crippen molar-refractivity contribution in [2.24, 2.45) is 0 Å². The topological polar surface area (TPSA) is 77.5 Å². The van der Waals surface area contributed by atoms with Crippen LogP contribution in [0.2, 0.25) is 0 Å². The minimum atomic E-state index is 0.249. The standard InChI is InChI=1S/C18H18N4O3/c1-23-9-8-19-17-13-4-2-3-5-14(13)21-18(22-17)20-12-6-7-15-16(10-12)25-11-24-15/h2-7,10H,8-9,11H2,1H3,(H2,19,20,21,22). The minimum absolute atomic E-state index is 0.249. The van der Waals surface area contributed by atoms with E-state index in [1.54, 1.807) is 7.11 Å². The van der Waals surface area contributed by atoms with E-state index in [0.29, 0.717) is 24.8 Å². The predicted octanol–water partition coefficient (Wildman–Crippen LogP) is 3.16. The van der Waals surface area contributed by atoms with Gasteiger partial charge in [0, 0.05) is 30.8 Å². The van der Waals surface area contributed by atoms with Crippen LogP contribution >= 0.6 is 0 Å². The number of nitrogens with zero attached hydrogens (tertiary/aromatic N) is 2. The molecule has 0 unspecified atom stereocenters. The summed E-state index contributed by atoms with van der Waals surface area (Å²) < 4.78 is 15.8. The second-order valence-electron chi connectivity index (χ2n) is 5.53. The zero-order valence-corrected chi connectivity index (χ0v) is 13.8. The molecule has 7 nitrogen and oxygen atoms in total. The normalized spacial score (nSPS) is 12.4. The molecule has 0 radical (unpaired) electrons. The third-order valence-electron chi connectivity index (χ3n) is 3.83. The molecule has 2 N–H and O–H groups in total. The van der Waals surface area contributed by atoms with Crippen molar-refractivity contribution in [1.29, 1.82) is 0 Å². The van der Waals surface area contributed by atoms with E-state index < -0.39 is 0 Å². The Hall–Kier alpha value is -3.06. The molecule has 25 heavy (non-hydrogen) atoms. The van der Waals surface area contributed by atoms with Crippen molar-refractivity contribution in [3.05, 3.63) is 42.5 Å². The lowest BCUT2D eigenvalue weighted by molar-refractivity contribution is 0.174. The van der Waals surface area contributed by atoms with Crippen LogP contribution in [0.3, 0.4) is 0 Å². The van der Waals surface area contributed by atoms with Crippen LogP contribution in [-0.2, 0) is 4.74 Å². The van der Waals surface area contributed by atoms with Crippen molar-refractivity contribution < 1.29 is 14.2 Å². The summed E-state index contributed by atoms with van der Waals surface area (Å²) in [5.41, 5.74) is 1.70. The zero-order valence-electron chi connectivity index (χ0n) is 13.8. The second kappa shape index (κ2) is 6.82. The van der Waals surface area contributed by atoms with Gasteiger partial charge in [-0.2, -0.15) is 4.98 Å². The van der Waals surface area contributed by atoms with Gasteiger partial charge in [-0.25, -0.2) is 4.98 Å². The lowest BCUT2D eigenvalue weighted by Crippen LogP contribution is -2.10. The summed E-state index contributed by atoms with van der Waals surface area (Å²) in [6.07, 6.45) is 0. The molecule has 0 aliphatic carbocycles. The summed E-state index contributed by atoms with van der Waals surface area (Å²) >= 11 is 0. The highest BCUT2D eigenvalue weighted by atomic mass is 16.7. The number of nitrogens with one attached hydrogen (secondary N) is 2. The van der Waals surface area contributed by atoms with Crippen molar-refractivity contribution in [2.75, 3.05) is 37.7 Å². The molecule has 0 atom stereocenters. The second-order valence-corrected chi connectivity index (χ2v) is 5.53. The first-order chi connectivity index (χ1) is 12.3. The van der Waals surface area contributed by atoms with Gasteiger partial charge in [0.1, 0.15) is 5.82 Å². The molecule has 128 valence electrons. The third kappa shape index (κ3) is 3.27. The summed E-state index contributed by atoms with van der Waals surface area (Å²) in [6.45, 7) is 1.52. The number of anilines is 3. The van der Waals surface area contributed by atoms with Crippen LogP contribution in [0.25, 0.3) is 10.9 Å². The molecule has 0 amide bonds. The van der Waals surface area contributed by atoms with E-state index >= 15 is 0 Å². The van der Waals surface area contributed by atoms with Gasteiger partial charge >= 0.3 is 0 Å². The largest absolute Gasteiger partial charge is 0.454 e. The average Bonchev–Trinajstić information content (AvgIpc) is 3.10. The van der Waals surface area contributed by atoms with Gasteiger partial charge < -0.3 is 24.8 Å². The molecule has 2 aromatic carbocycles. The summed E-state index contributed by atoms with van der Waals surface area (Å²) in [5.74, 6) is 2.74. The van der Waals surface area contributed by atoms with Crippen molar-refractivity contribution >= 4 is 28.4 Å². The fourth-order valence-electron chi connectivity index (χ4n) is 2.64. The van der Waals surface area contributed by atoms with Crippen molar-refractivity contribution in [3.8, 4) is 11.5 Å². The van der Waals surface area contributed by atoms with Gasteiger partial charge in [-0.05, 0) is 24.3 Å². The molecule has 7 heteroatoms. The number of benzene rings is 2. The maximum absolute atomic E-state index is 5.41. The number of rotatable bonds is 6. The van der Waals surface area contributed by atoms with Crippen molar-refractivity contribution in [1.82, 2.24) is 9.97 Å². The monoisotopic (exact) mass is 338 g/mol. The SMILES string of the molecule is COCCNc1nc(Nc2ccc3c(c2)OCO3)nc2ccccc12. The Kier molecular flexibility index (Phi) is 4.22. The zero-order chi connectivity index (χ0) is 17.1. The lowest BCUT2D eigenvalue weighted by atomic mass is 10.2. The van der Waals surface area contributed by atoms with E-state index in [-0.39, 0.29) is 6.79 Å². The third-order valence-corrected chi connectivity index (χ3v) is 3.83. The molecule has 0 saturated carbocycles. The van der Waals surface area contributed by atoms with Gasteiger partial charge in [0.15, 0.2) is 11.5 Å². The maximum Gasteiger partial charge on any atom is 0.231 e. The molecule has 2 heterocycles. The summed E-state index contributed by atoms with van der Waals surface area (Å²) in [4.78, 5) is 9.19. The first-order valence-electron chi connectivity index (χ1n) is 8.00. The number of ether oxygens (including phenoxy) is 3. The molecule has 1 aliphatic heterocycles. The van der Waals surface area contributed by atoms with Gasteiger partial charge in [0.05, 0.1) is 12.1 Å². The highest BCUT2D eigenvalue weighted by molar-refractivity contribution is 5.90. The average molecular weight is 338 g/mol. The van der Waals surface area contributed by atoms with Gasteiger partial charge in [0.2, 0.25) is 12.7 Å². The van der Waals surface area contributed by atoms with Crippen LogP contribution in [-0.4, -0.2) is 37.0 Å². The maximum atomic E-state index is 5.41. The highest BCUT2D eigenvalue weighted by Gasteiger charge is 2.14. The summed E-state index contributed by atoms with van der Waals surface area (Å²) in [7, 11) is 1.67. The number of hydrogen-bond acceptors (Lipinski definition) is 7. The van der Waals surface area contributed by atoms with Crippen LogP contribution in [0, 0.1) is 0 Å². The van der Waals surface area contributed by atoms with Crippen LogP contribution in [0.15, 0.2) is 42.5 Å². The van der Waals surface area contributed by atoms with E-state index in [9.17, 15) is 0 Å². The lowest BCUT2D eigenvalue weighted by Gasteiger charge is -2.12. The number of para-hydroxylation sites is 1. The smallest absolute Gasteiger partial charge is 0.231 e. The van der Waals surface area contributed by atoms with Gasteiger partial charge in [0.25, 0.3) is 0 Å². The van der Waals surface area contributed by atoms with Crippen LogP contribution in [0.5, 0.6) is 11.5 Å². The fraction of sp³-hybridized carbons (Fsp3) is 0.222. The molecule has 0 fully saturated rings. The van der Waals surface area contributed by atoms with E-state index in [1.165, 1.54) is 0 Å². The van der Waals surface area contributed by atoms with Gasteiger partial charge in [-0.15, -0.1) is 0 Å². The molecule has 4 rings (SSSR count). The number of methoxy groups -OCH3 is 1. The van der Waals surface area contributed by atoms with Crippen LogP contribution in [0.1, 0.15) is 0 Å². The van der Waals surface area contributed by atoms with E-state index in [0.717, 1.165) is 28.2 Å². The highest BCUT2D eigenvalue weighted by Crippen LogP contribution is 2.35. The van der Waals surface area contributed by atoms with Gasteiger partial charge in [-0.1, -0.05) is 12.1 Å². The Bertz CT molecular complexity index is 901. The number of fused-ring (bicyclic) bond motifs is 2. The van der Waals surface area contributed by atoms with E-state index in [1.807, 2.05) is 42.5 Å². The van der Waals surface area contributed by atoms with Crippen molar-refractivity contribution in [3.63, 3.8) is 0 Å². The Balaban J connectivity index is 1.64. The summed E-state index contributed by atoms with van der Waals surface area (Å²) in [5, 5.41) is 7.49. The molecule has 0 spiro atoms. The van der Waals surface area contributed by atoms with Gasteiger partial charge in [-0.3, -0.25) is 0 Å². The van der Waals surface area contributed by atoms with Crippen LogP contribution < -0.4 is 20.1 Å². The molecule has 0 saturated heterocycles. The number of aromatic nitrogens is 2. The molecular weight excluding hydrogens is 320 g/mol. The Labute approximate surface area is 145 Å². The molecule has 3 aromatic rings. The fourth-order valence-corrected chi connectivity index (χ4v) is 2.64. The van der Waals surface area contributed by atoms with Crippen molar-refractivity contribution in [2.45, 2.75) is 0 Å². The molecule has 1 aromatic heterocycles. The Morgan fingerprint density at radius 2 is 1.96 bits per heavy atom. The molecule has 1 aliphatic rings. The van der Waals surface area contributed by atoms with Crippen LogP contribution in [0.4, 0.5) is 17.5 Å². The number of hydrogen-bond donors (Lipinski definition) is 2. The Morgan fingerprint density at radius 3 is 2.88 bits per heavy atom. The quantitative estimate of drug-likeness (QED) is 0.669. The van der Waals surface area contributed by atoms with E-state index in [4.69, 9.17) is 14.2 Å². The summed E-state index contributed by atoms with van der Waals surface area (Å²) in [6, 6.07) is 13.5. The molecular formula is C18H18N4O3. The first kappa shape index (κ1) is 15.5. The molecule has 0 bridgehead atoms. The predicted molar refractivity (Wildman–Crippen MR) is 95.8 cm³/mol.